The molecule has 0 saturated carbocycles. The average molecular weight is 375 g/mol. The maximum Gasteiger partial charge on any atom is 0.274 e. The molecule has 1 aromatic carbocycles. The zero-order valence-corrected chi connectivity index (χ0v) is 15.4. The van der Waals surface area contributed by atoms with Crippen LogP contribution in [0.3, 0.4) is 0 Å². The number of rotatable bonds is 5. The van der Waals surface area contributed by atoms with E-state index in [9.17, 15) is 4.79 Å². The third-order valence-electron chi connectivity index (χ3n) is 4.86. The lowest BCUT2D eigenvalue weighted by atomic mass is 9.97. The molecule has 0 bridgehead atoms. The molecule has 3 heterocycles. The van der Waals surface area contributed by atoms with Crippen molar-refractivity contribution >= 4 is 5.91 Å². The van der Waals surface area contributed by atoms with Gasteiger partial charge in [-0.2, -0.15) is 0 Å². The normalized spacial score (nSPS) is 14.6. The van der Waals surface area contributed by atoms with Gasteiger partial charge in [-0.25, -0.2) is 15.0 Å². The Balaban J connectivity index is 1.30. The van der Waals surface area contributed by atoms with Crippen LogP contribution >= 0.6 is 0 Å². The lowest BCUT2D eigenvalue weighted by Crippen LogP contribution is -2.40. The van der Waals surface area contributed by atoms with Crippen molar-refractivity contribution in [3.05, 3.63) is 67.0 Å². The molecule has 0 spiro atoms. The Morgan fingerprint density at radius 3 is 2.64 bits per heavy atom. The highest BCUT2D eigenvalue weighted by Gasteiger charge is 2.25. The highest BCUT2D eigenvalue weighted by atomic mass is 16.5. The molecule has 142 valence electrons. The lowest BCUT2D eigenvalue weighted by Gasteiger charge is -2.31. The predicted molar refractivity (Wildman–Crippen MR) is 104 cm³/mol. The first-order valence-electron chi connectivity index (χ1n) is 9.35. The van der Waals surface area contributed by atoms with Crippen LogP contribution in [0.15, 0.2) is 61.3 Å². The molecule has 0 aliphatic carbocycles. The quantitative estimate of drug-likeness (QED) is 0.682. The molecule has 0 radical (unpaired) electrons. The van der Waals surface area contributed by atoms with Gasteiger partial charge < -0.3 is 9.64 Å². The fraction of sp³-hybridized carbons (Fsp3) is 0.286. The van der Waals surface area contributed by atoms with E-state index in [1.54, 1.807) is 12.4 Å². The summed E-state index contributed by atoms with van der Waals surface area (Å²) in [5.41, 5.74) is 2.27. The SMILES string of the molecule is O=C(c1cnccn1)N1CCC(COc2cc(-c3ccccc3)ncn2)CC1. The minimum absolute atomic E-state index is 0.0595. The summed E-state index contributed by atoms with van der Waals surface area (Å²) in [4.78, 5) is 30.9. The van der Waals surface area contributed by atoms with Gasteiger partial charge in [0.25, 0.3) is 5.91 Å². The molecule has 2 aromatic heterocycles. The van der Waals surface area contributed by atoms with Crippen LogP contribution in [0, 0.1) is 5.92 Å². The monoisotopic (exact) mass is 375 g/mol. The van der Waals surface area contributed by atoms with Gasteiger partial charge in [0.2, 0.25) is 5.88 Å². The zero-order valence-electron chi connectivity index (χ0n) is 15.4. The van der Waals surface area contributed by atoms with Crippen LogP contribution < -0.4 is 4.74 Å². The highest BCUT2D eigenvalue weighted by molar-refractivity contribution is 5.92. The van der Waals surface area contributed by atoms with Gasteiger partial charge in [-0.15, -0.1) is 0 Å². The molecule has 3 aromatic rings. The Morgan fingerprint density at radius 2 is 1.89 bits per heavy atom. The van der Waals surface area contributed by atoms with Gasteiger partial charge in [0.05, 0.1) is 18.5 Å². The minimum Gasteiger partial charge on any atom is -0.477 e. The zero-order chi connectivity index (χ0) is 19.2. The summed E-state index contributed by atoms with van der Waals surface area (Å²) >= 11 is 0. The standard InChI is InChI=1S/C21H21N5O2/c27-21(19-13-22-8-9-23-19)26-10-6-16(7-11-26)14-28-20-12-18(24-15-25-20)17-4-2-1-3-5-17/h1-5,8-9,12-13,15-16H,6-7,10-11,14H2. The van der Waals surface area contributed by atoms with Crippen molar-refractivity contribution in [2.24, 2.45) is 5.92 Å². The third-order valence-corrected chi connectivity index (χ3v) is 4.86. The van der Waals surface area contributed by atoms with Gasteiger partial charge in [-0.3, -0.25) is 9.78 Å². The number of nitrogens with zero attached hydrogens (tertiary/aromatic N) is 5. The molecule has 1 amide bonds. The van der Waals surface area contributed by atoms with Crippen molar-refractivity contribution in [3.8, 4) is 17.1 Å². The Kier molecular flexibility index (Phi) is 5.51. The van der Waals surface area contributed by atoms with Crippen molar-refractivity contribution in [2.75, 3.05) is 19.7 Å². The van der Waals surface area contributed by atoms with E-state index in [-0.39, 0.29) is 5.91 Å². The molecule has 1 fully saturated rings. The predicted octanol–water partition coefficient (Wildman–Crippen LogP) is 2.86. The number of aromatic nitrogens is 4. The van der Waals surface area contributed by atoms with E-state index < -0.39 is 0 Å². The average Bonchev–Trinajstić information content (AvgIpc) is 2.79. The van der Waals surface area contributed by atoms with Crippen LogP contribution in [-0.2, 0) is 0 Å². The number of amides is 1. The van der Waals surface area contributed by atoms with Gasteiger partial charge in [0, 0.05) is 37.1 Å². The fourth-order valence-electron chi connectivity index (χ4n) is 3.26. The first-order valence-corrected chi connectivity index (χ1v) is 9.35. The van der Waals surface area contributed by atoms with Crippen LogP contribution in [0.5, 0.6) is 5.88 Å². The van der Waals surface area contributed by atoms with E-state index >= 15 is 0 Å². The second-order valence-corrected chi connectivity index (χ2v) is 6.74. The number of ether oxygens (including phenoxy) is 1. The molecular weight excluding hydrogens is 354 g/mol. The maximum absolute atomic E-state index is 12.4. The summed E-state index contributed by atoms with van der Waals surface area (Å²) in [5, 5.41) is 0. The molecule has 1 aliphatic rings. The minimum atomic E-state index is -0.0595. The van der Waals surface area contributed by atoms with Gasteiger partial charge >= 0.3 is 0 Å². The topological polar surface area (TPSA) is 81.1 Å². The van der Waals surface area contributed by atoms with Gasteiger partial charge in [-0.1, -0.05) is 30.3 Å². The summed E-state index contributed by atoms with van der Waals surface area (Å²) in [6.07, 6.45) is 7.93. The summed E-state index contributed by atoms with van der Waals surface area (Å²) in [6.45, 7) is 1.98. The van der Waals surface area contributed by atoms with Crippen LogP contribution in [0.25, 0.3) is 11.3 Å². The maximum atomic E-state index is 12.4. The number of hydrogen-bond donors (Lipinski definition) is 0. The van der Waals surface area contributed by atoms with Crippen LogP contribution in [-0.4, -0.2) is 50.4 Å². The van der Waals surface area contributed by atoms with E-state index in [0.29, 0.717) is 37.2 Å². The Morgan fingerprint density at radius 1 is 1.07 bits per heavy atom. The van der Waals surface area contributed by atoms with Gasteiger partial charge in [-0.05, 0) is 18.8 Å². The molecule has 0 unspecified atom stereocenters. The number of benzene rings is 1. The van der Waals surface area contributed by atoms with Crippen molar-refractivity contribution in [2.45, 2.75) is 12.8 Å². The fourth-order valence-corrected chi connectivity index (χ4v) is 3.26. The number of piperidine rings is 1. The summed E-state index contributed by atoms with van der Waals surface area (Å²) in [5.74, 6) is 0.906. The summed E-state index contributed by atoms with van der Waals surface area (Å²) in [6, 6.07) is 11.8. The lowest BCUT2D eigenvalue weighted by molar-refractivity contribution is 0.0653. The van der Waals surface area contributed by atoms with Crippen LogP contribution in [0.1, 0.15) is 23.3 Å². The molecular formula is C21H21N5O2. The number of carbonyl (C=O) groups excluding carboxylic acids is 1. The summed E-state index contributed by atoms with van der Waals surface area (Å²) < 4.78 is 5.91. The number of likely N-dealkylation sites (tertiary alicyclic amines) is 1. The highest BCUT2D eigenvalue weighted by Crippen LogP contribution is 2.22. The first-order chi connectivity index (χ1) is 13.8. The summed E-state index contributed by atoms with van der Waals surface area (Å²) in [7, 11) is 0. The molecule has 0 N–H and O–H groups in total. The van der Waals surface area contributed by atoms with E-state index in [2.05, 4.69) is 19.9 Å². The molecule has 1 saturated heterocycles. The van der Waals surface area contributed by atoms with E-state index in [1.807, 2.05) is 41.3 Å². The second-order valence-electron chi connectivity index (χ2n) is 6.74. The Labute approximate surface area is 163 Å². The van der Waals surface area contributed by atoms with Crippen molar-refractivity contribution < 1.29 is 9.53 Å². The molecule has 1 aliphatic heterocycles. The second kappa shape index (κ2) is 8.56. The van der Waals surface area contributed by atoms with Crippen LogP contribution in [0.2, 0.25) is 0 Å². The molecule has 0 atom stereocenters. The number of hydrogen-bond acceptors (Lipinski definition) is 6. The van der Waals surface area contributed by atoms with Crippen LogP contribution in [0.4, 0.5) is 0 Å². The first kappa shape index (κ1) is 18.0. The van der Waals surface area contributed by atoms with Gasteiger partial charge in [0.15, 0.2) is 0 Å². The van der Waals surface area contributed by atoms with E-state index in [4.69, 9.17) is 4.74 Å². The smallest absolute Gasteiger partial charge is 0.274 e. The van der Waals surface area contributed by atoms with Gasteiger partial charge in [0.1, 0.15) is 12.0 Å². The molecule has 4 rings (SSSR count). The Bertz CT molecular complexity index is 912. The Hall–Kier alpha value is -3.35. The van der Waals surface area contributed by atoms with Crippen molar-refractivity contribution in [1.29, 1.82) is 0 Å². The number of carbonyl (C=O) groups is 1. The van der Waals surface area contributed by atoms with Crippen molar-refractivity contribution in [1.82, 2.24) is 24.8 Å². The molecule has 7 heteroatoms. The van der Waals surface area contributed by atoms with E-state index in [0.717, 1.165) is 24.1 Å². The molecule has 28 heavy (non-hydrogen) atoms. The van der Waals surface area contributed by atoms with E-state index in [1.165, 1.54) is 12.5 Å². The van der Waals surface area contributed by atoms with Crippen molar-refractivity contribution in [3.63, 3.8) is 0 Å². The third kappa shape index (κ3) is 4.31. The molecule has 7 nitrogen and oxygen atoms in total. The largest absolute Gasteiger partial charge is 0.477 e.